The summed E-state index contributed by atoms with van der Waals surface area (Å²) < 4.78 is 27.0. The summed E-state index contributed by atoms with van der Waals surface area (Å²) in [6, 6.07) is 0. The van der Waals surface area contributed by atoms with Crippen LogP contribution in [0.15, 0.2) is 4.90 Å². The molecule has 0 amide bonds. The summed E-state index contributed by atoms with van der Waals surface area (Å²) in [5, 5.41) is 9.92. The van der Waals surface area contributed by atoms with Gasteiger partial charge in [0.25, 0.3) is 0 Å². The molecule has 0 aromatic carbocycles. The highest BCUT2D eigenvalue weighted by Crippen LogP contribution is 2.15. The van der Waals surface area contributed by atoms with Crippen LogP contribution >= 0.6 is 0 Å². The van der Waals surface area contributed by atoms with E-state index in [1.807, 2.05) is 0 Å². The molecule has 114 valence electrons. The van der Waals surface area contributed by atoms with Crippen LogP contribution in [-0.4, -0.2) is 62.8 Å². The fourth-order valence-corrected chi connectivity index (χ4v) is 3.89. The van der Waals surface area contributed by atoms with Crippen molar-refractivity contribution in [3.8, 4) is 0 Å². The molecule has 1 aromatic rings. The molecule has 20 heavy (non-hydrogen) atoms. The van der Waals surface area contributed by atoms with Gasteiger partial charge < -0.3 is 10.2 Å². The van der Waals surface area contributed by atoms with Crippen LogP contribution in [0.3, 0.4) is 0 Å². The predicted molar refractivity (Wildman–Crippen MR) is 77.2 cm³/mol. The van der Waals surface area contributed by atoms with Crippen molar-refractivity contribution < 1.29 is 8.42 Å². The molecule has 1 aliphatic heterocycles. The van der Waals surface area contributed by atoms with Crippen LogP contribution in [0.4, 0.5) is 0 Å². The van der Waals surface area contributed by atoms with Crippen molar-refractivity contribution in [2.75, 3.05) is 39.3 Å². The molecule has 2 heterocycles. The monoisotopic (exact) mass is 301 g/mol. The summed E-state index contributed by atoms with van der Waals surface area (Å²) in [4.78, 5) is 2.62. The molecule has 0 spiro atoms. The second-order valence-electron chi connectivity index (χ2n) is 5.11. The van der Waals surface area contributed by atoms with E-state index in [0.717, 1.165) is 39.1 Å². The molecular formula is C12H23N5O2S. The molecule has 0 unspecified atom stereocenters. The molecule has 1 aliphatic rings. The number of aromatic nitrogens is 2. The Bertz CT molecular complexity index is 515. The normalized spacial score (nSPS) is 17.5. The largest absolute Gasteiger partial charge is 0.314 e. The third-order valence-corrected chi connectivity index (χ3v) is 5.21. The maximum atomic E-state index is 12.2. The summed E-state index contributed by atoms with van der Waals surface area (Å²) >= 11 is 0. The zero-order chi connectivity index (χ0) is 14.6. The first-order chi connectivity index (χ1) is 9.50. The predicted octanol–water partition coefficient (Wildman–Crippen LogP) is -0.400. The minimum atomic E-state index is -3.46. The number of sulfonamides is 1. The summed E-state index contributed by atoms with van der Waals surface area (Å²) in [5.74, 6) is 0. The molecule has 1 aromatic heterocycles. The molecule has 1 saturated heterocycles. The zero-order valence-electron chi connectivity index (χ0n) is 12.1. The highest BCUT2D eigenvalue weighted by molar-refractivity contribution is 7.89. The van der Waals surface area contributed by atoms with Crippen LogP contribution < -0.4 is 10.0 Å². The lowest BCUT2D eigenvalue weighted by molar-refractivity contribution is 0.239. The second kappa shape index (κ2) is 6.66. The molecule has 0 bridgehead atoms. The number of rotatable bonds is 6. The van der Waals surface area contributed by atoms with E-state index in [9.17, 15) is 8.42 Å². The third-order valence-electron chi connectivity index (χ3n) is 3.48. The Balaban J connectivity index is 1.81. The number of nitrogens with zero attached hydrogens (tertiary/aromatic N) is 2. The van der Waals surface area contributed by atoms with Gasteiger partial charge >= 0.3 is 0 Å². The van der Waals surface area contributed by atoms with Crippen molar-refractivity contribution in [3.05, 3.63) is 11.4 Å². The number of hydrogen-bond acceptors (Lipinski definition) is 5. The van der Waals surface area contributed by atoms with Crippen molar-refractivity contribution in [2.45, 2.75) is 25.2 Å². The Morgan fingerprint density at radius 2 is 2.00 bits per heavy atom. The first kappa shape index (κ1) is 15.4. The van der Waals surface area contributed by atoms with Gasteiger partial charge in [0.15, 0.2) is 0 Å². The number of hydrogen-bond donors (Lipinski definition) is 3. The van der Waals surface area contributed by atoms with Gasteiger partial charge in [0.2, 0.25) is 10.0 Å². The second-order valence-corrected chi connectivity index (χ2v) is 6.81. The number of piperazine rings is 1. The van der Waals surface area contributed by atoms with Crippen molar-refractivity contribution in [2.24, 2.45) is 0 Å². The molecule has 0 atom stereocenters. The van der Waals surface area contributed by atoms with Gasteiger partial charge in [0.1, 0.15) is 4.90 Å². The molecule has 0 radical (unpaired) electrons. The lowest BCUT2D eigenvalue weighted by Crippen LogP contribution is -2.44. The van der Waals surface area contributed by atoms with Gasteiger partial charge in [0.05, 0.1) is 11.4 Å². The van der Waals surface area contributed by atoms with Crippen LogP contribution in [0.2, 0.25) is 0 Å². The summed E-state index contributed by atoms with van der Waals surface area (Å²) in [6.07, 6.45) is 0.815. The van der Waals surface area contributed by atoms with Crippen LogP contribution in [0.25, 0.3) is 0 Å². The molecular weight excluding hydrogens is 278 g/mol. The highest BCUT2D eigenvalue weighted by Gasteiger charge is 2.21. The molecule has 0 aliphatic carbocycles. The van der Waals surface area contributed by atoms with E-state index in [0.29, 0.717) is 17.9 Å². The molecule has 0 saturated carbocycles. The maximum Gasteiger partial charge on any atom is 0.244 e. The zero-order valence-corrected chi connectivity index (χ0v) is 12.9. The minimum absolute atomic E-state index is 0.277. The van der Waals surface area contributed by atoms with E-state index in [1.54, 1.807) is 13.8 Å². The molecule has 2 rings (SSSR count). The fraction of sp³-hybridized carbons (Fsp3) is 0.750. The number of H-pyrrole nitrogens is 1. The smallest absolute Gasteiger partial charge is 0.244 e. The van der Waals surface area contributed by atoms with Gasteiger partial charge in [-0.25, -0.2) is 13.1 Å². The van der Waals surface area contributed by atoms with Gasteiger partial charge in [-0.3, -0.25) is 5.10 Å². The van der Waals surface area contributed by atoms with Gasteiger partial charge in [-0.1, -0.05) is 0 Å². The standard InChI is InChI=1S/C12H23N5O2S/c1-10-12(11(2)16-15-10)20(18,19)14-4-3-7-17-8-5-13-6-9-17/h13-14H,3-9H2,1-2H3,(H,15,16). The lowest BCUT2D eigenvalue weighted by Gasteiger charge is -2.27. The SMILES string of the molecule is Cc1n[nH]c(C)c1S(=O)(=O)NCCCN1CCNCC1. The highest BCUT2D eigenvalue weighted by atomic mass is 32.2. The third kappa shape index (κ3) is 3.78. The Labute approximate surface area is 120 Å². The van der Waals surface area contributed by atoms with E-state index >= 15 is 0 Å². The van der Waals surface area contributed by atoms with Crippen molar-refractivity contribution in [3.63, 3.8) is 0 Å². The fourth-order valence-electron chi connectivity index (χ4n) is 2.45. The van der Waals surface area contributed by atoms with Gasteiger partial charge in [-0.2, -0.15) is 5.10 Å². The Morgan fingerprint density at radius 1 is 1.30 bits per heavy atom. The topological polar surface area (TPSA) is 90.1 Å². The Morgan fingerprint density at radius 3 is 2.60 bits per heavy atom. The maximum absolute atomic E-state index is 12.2. The molecule has 3 N–H and O–H groups in total. The van der Waals surface area contributed by atoms with E-state index in [2.05, 4.69) is 25.1 Å². The van der Waals surface area contributed by atoms with Crippen LogP contribution in [0.1, 0.15) is 17.8 Å². The molecule has 8 heteroatoms. The first-order valence-electron chi connectivity index (χ1n) is 6.95. The number of aryl methyl sites for hydroxylation is 2. The van der Waals surface area contributed by atoms with Crippen molar-refractivity contribution >= 4 is 10.0 Å². The van der Waals surface area contributed by atoms with E-state index in [-0.39, 0.29) is 4.90 Å². The van der Waals surface area contributed by atoms with Crippen LogP contribution in [-0.2, 0) is 10.0 Å². The minimum Gasteiger partial charge on any atom is -0.314 e. The quantitative estimate of drug-likeness (QED) is 0.622. The lowest BCUT2D eigenvalue weighted by atomic mass is 10.3. The van der Waals surface area contributed by atoms with Gasteiger partial charge in [0, 0.05) is 32.7 Å². The van der Waals surface area contributed by atoms with E-state index in [4.69, 9.17) is 0 Å². The first-order valence-corrected chi connectivity index (χ1v) is 8.43. The Kier molecular flexibility index (Phi) is 5.14. The van der Waals surface area contributed by atoms with Crippen LogP contribution in [0.5, 0.6) is 0 Å². The summed E-state index contributed by atoms with van der Waals surface area (Å²) in [6.45, 7) is 8.88. The molecule has 1 fully saturated rings. The molecule has 7 nitrogen and oxygen atoms in total. The number of aromatic amines is 1. The summed E-state index contributed by atoms with van der Waals surface area (Å²) in [5.41, 5.74) is 1.09. The van der Waals surface area contributed by atoms with Crippen LogP contribution in [0, 0.1) is 13.8 Å². The Hall–Kier alpha value is -0.960. The van der Waals surface area contributed by atoms with Crippen molar-refractivity contribution in [1.82, 2.24) is 25.1 Å². The average Bonchev–Trinajstić information content (AvgIpc) is 2.76. The van der Waals surface area contributed by atoms with E-state index < -0.39 is 10.0 Å². The van der Waals surface area contributed by atoms with E-state index in [1.165, 1.54) is 0 Å². The van der Waals surface area contributed by atoms with Gasteiger partial charge in [-0.05, 0) is 26.8 Å². The summed E-state index contributed by atoms with van der Waals surface area (Å²) in [7, 11) is -3.46. The average molecular weight is 301 g/mol. The van der Waals surface area contributed by atoms with Crippen molar-refractivity contribution in [1.29, 1.82) is 0 Å². The van der Waals surface area contributed by atoms with Gasteiger partial charge in [-0.15, -0.1) is 0 Å². The number of nitrogens with one attached hydrogen (secondary N) is 3.